The van der Waals surface area contributed by atoms with Crippen molar-refractivity contribution in [1.82, 2.24) is 0 Å². The van der Waals surface area contributed by atoms with Gasteiger partial charge in [-0.25, -0.2) is 0 Å². The smallest absolute Gasteiger partial charge is 0.126 e. The van der Waals surface area contributed by atoms with E-state index < -0.39 is 34.6 Å². The number of fused-ring (bicyclic) bond motifs is 7. The summed E-state index contributed by atoms with van der Waals surface area (Å²) in [5, 5.41) is 34.7. The van der Waals surface area contributed by atoms with Crippen LogP contribution in [0.4, 0.5) is 0 Å². The van der Waals surface area contributed by atoms with Gasteiger partial charge in [0.15, 0.2) is 0 Å². The fourth-order valence-corrected chi connectivity index (χ4v) is 11.0. The van der Waals surface area contributed by atoms with E-state index in [1.54, 1.807) is 7.11 Å². The highest BCUT2D eigenvalue weighted by atomic mass is 16.5. The lowest BCUT2D eigenvalue weighted by Gasteiger charge is -2.73. The van der Waals surface area contributed by atoms with E-state index in [0.717, 1.165) is 25.7 Å². The average Bonchev–Trinajstić information content (AvgIpc) is 2.81. The van der Waals surface area contributed by atoms with Crippen LogP contribution in [0.15, 0.2) is 11.6 Å². The Labute approximate surface area is 218 Å². The van der Waals surface area contributed by atoms with Gasteiger partial charge in [-0.05, 0) is 66.6 Å². The van der Waals surface area contributed by atoms with E-state index in [0.29, 0.717) is 24.7 Å². The molecule has 0 heterocycles. The Balaban J connectivity index is 1.73. The molecule has 36 heavy (non-hydrogen) atoms. The van der Waals surface area contributed by atoms with Crippen molar-refractivity contribution in [2.24, 2.45) is 56.7 Å². The number of carbonyl (C=O) groups excluding carboxylic acids is 1. The van der Waals surface area contributed by atoms with E-state index in [4.69, 9.17) is 4.74 Å². The van der Waals surface area contributed by atoms with Crippen molar-refractivity contribution in [3.63, 3.8) is 0 Å². The van der Waals surface area contributed by atoms with E-state index >= 15 is 0 Å². The lowest BCUT2D eigenvalue weighted by molar-refractivity contribution is -0.273. The number of aliphatic hydroxyl groups excluding tert-OH is 3. The second-order valence-corrected chi connectivity index (χ2v) is 14.9. The van der Waals surface area contributed by atoms with Crippen molar-refractivity contribution in [1.29, 1.82) is 0 Å². The fourth-order valence-electron chi connectivity index (χ4n) is 11.0. The van der Waals surface area contributed by atoms with Gasteiger partial charge in [0.25, 0.3) is 0 Å². The number of aldehydes is 1. The highest BCUT2D eigenvalue weighted by Gasteiger charge is 2.74. The van der Waals surface area contributed by atoms with Gasteiger partial charge >= 0.3 is 0 Å². The first-order chi connectivity index (χ1) is 16.7. The van der Waals surface area contributed by atoms with Crippen LogP contribution in [0.1, 0.15) is 87.0 Å². The number of hydrogen-bond donors (Lipinski definition) is 3. The Morgan fingerprint density at radius 3 is 2.25 bits per heavy atom. The molecule has 5 aliphatic carbocycles. The van der Waals surface area contributed by atoms with Crippen LogP contribution in [-0.4, -0.2) is 53.1 Å². The van der Waals surface area contributed by atoms with Gasteiger partial charge in [-0.2, -0.15) is 0 Å². The van der Waals surface area contributed by atoms with Gasteiger partial charge in [-0.1, -0.05) is 60.1 Å². The molecule has 0 aromatic rings. The van der Waals surface area contributed by atoms with Crippen molar-refractivity contribution >= 4 is 6.29 Å². The molecule has 5 rings (SSSR count). The molecule has 0 spiro atoms. The molecule has 0 aromatic heterocycles. The van der Waals surface area contributed by atoms with Crippen LogP contribution in [0.2, 0.25) is 0 Å². The van der Waals surface area contributed by atoms with Gasteiger partial charge in [0.2, 0.25) is 0 Å². The van der Waals surface area contributed by atoms with Crippen molar-refractivity contribution in [2.75, 3.05) is 7.11 Å². The first-order valence-electron chi connectivity index (χ1n) is 14.4. The predicted molar refractivity (Wildman–Crippen MR) is 140 cm³/mol. The van der Waals surface area contributed by atoms with Crippen LogP contribution < -0.4 is 0 Å². The van der Waals surface area contributed by atoms with E-state index in [9.17, 15) is 20.1 Å². The second kappa shape index (κ2) is 8.13. The molecular formula is C31H50O5. The number of rotatable bonds is 2. The van der Waals surface area contributed by atoms with Crippen LogP contribution in [0.25, 0.3) is 0 Å². The summed E-state index contributed by atoms with van der Waals surface area (Å²) in [6, 6.07) is 0. The Kier molecular flexibility index (Phi) is 6.06. The van der Waals surface area contributed by atoms with Gasteiger partial charge in [-0.15, -0.1) is 0 Å². The average molecular weight is 503 g/mol. The summed E-state index contributed by atoms with van der Waals surface area (Å²) in [5.74, 6) is 1.09. The first kappa shape index (κ1) is 26.8. The summed E-state index contributed by atoms with van der Waals surface area (Å²) < 4.78 is 6.30. The monoisotopic (exact) mass is 502 g/mol. The van der Waals surface area contributed by atoms with Gasteiger partial charge < -0.3 is 24.9 Å². The molecule has 204 valence electrons. The Morgan fingerprint density at radius 2 is 1.64 bits per heavy atom. The molecule has 0 amide bonds. The zero-order valence-electron chi connectivity index (χ0n) is 23.8. The number of methoxy groups -OCH3 is 1. The van der Waals surface area contributed by atoms with E-state index in [1.807, 2.05) is 0 Å². The summed E-state index contributed by atoms with van der Waals surface area (Å²) in [6.07, 6.45) is 5.95. The standard InChI is InChI=1S/C31H50O5/c1-17-9-12-31(16-32)15-24(35)30(7)19(25(31)18(17)2)13-20(36-8)26-28(30,5)11-10-21-27(3,4)22(33)14-23(34)29(21,26)6/h13,16-18,20-26,33-35H,9-12,14-15H2,1-8H3/t17-,18+,20-,21?,22+,23-,24+,25+,26?,28-,29-,30+,31-/m1/s1. The summed E-state index contributed by atoms with van der Waals surface area (Å²) in [7, 11) is 1.77. The maximum Gasteiger partial charge on any atom is 0.126 e. The number of aliphatic hydroxyl groups is 3. The van der Waals surface area contributed by atoms with Crippen LogP contribution in [-0.2, 0) is 9.53 Å². The SMILES string of the molecule is CO[C@@H]1C=C2[C@@H]3[C@@H](C)[C@H](C)CC[C@]3(C=O)C[C@H](O)[C@@]2(C)[C@]2(C)CCC3C(C)(C)[C@@H](O)C[C@@H](O)[C@]3(C)C12. The largest absolute Gasteiger partial charge is 0.392 e. The minimum absolute atomic E-state index is 0.0148. The molecule has 3 N–H and O–H groups in total. The topological polar surface area (TPSA) is 87.0 Å². The Morgan fingerprint density at radius 1 is 0.972 bits per heavy atom. The first-order valence-corrected chi connectivity index (χ1v) is 14.4. The summed E-state index contributed by atoms with van der Waals surface area (Å²) >= 11 is 0. The molecule has 13 atom stereocenters. The minimum Gasteiger partial charge on any atom is -0.392 e. The van der Waals surface area contributed by atoms with Crippen LogP contribution in [0.3, 0.4) is 0 Å². The molecule has 2 unspecified atom stereocenters. The minimum atomic E-state index is -0.644. The summed E-state index contributed by atoms with van der Waals surface area (Å²) in [6.45, 7) is 15.7. The third-order valence-corrected chi connectivity index (χ3v) is 13.6. The molecule has 5 nitrogen and oxygen atoms in total. The predicted octanol–water partition coefficient (Wildman–Crippen LogP) is 4.77. The van der Waals surface area contributed by atoms with Crippen LogP contribution in [0.5, 0.6) is 0 Å². The third kappa shape index (κ3) is 2.95. The van der Waals surface area contributed by atoms with Gasteiger partial charge in [0.05, 0.1) is 24.4 Å². The maximum atomic E-state index is 12.8. The normalized spacial score (nSPS) is 58.0. The molecule has 5 heteroatoms. The molecule has 5 aliphatic rings. The van der Waals surface area contributed by atoms with Crippen molar-refractivity contribution < 1.29 is 24.9 Å². The maximum absolute atomic E-state index is 12.8. The molecule has 0 bridgehead atoms. The highest BCUT2D eigenvalue weighted by molar-refractivity contribution is 5.63. The summed E-state index contributed by atoms with van der Waals surface area (Å²) in [5.41, 5.74) is -0.907. The number of carbonyl (C=O) groups is 1. The Bertz CT molecular complexity index is 943. The molecule has 0 radical (unpaired) electrons. The molecule has 0 aliphatic heterocycles. The third-order valence-electron chi connectivity index (χ3n) is 13.6. The van der Waals surface area contributed by atoms with Gasteiger partial charge in [0, 0.05) is 35.7 Å². The highest BCUT2D eigenvalue weighted by Crippen LogP contribution is 2.75. The quantitative estimate of drug-likeness (QED) is 0.374. The van der Waals surface area contributed by atoms with Crippen molar-refractivity contribution in [3.05, 3.63) is 11.6 Å². The lowest BCUT2D eigenvalue weighted by atomic mass is 9.32. The fraction of sp³-hybridized carbons (Fsp3) is 0.903. The van der Waals surface area contributed by atoms with Crippen molar-refractivity contribution in [3.8, 4) is 0 Å². The molecular weight excluding hydrogens is 452 g/mol. The van der Waals surface area contributed by atoms with Crippen LogP contribution >= 0.6 is 0 Å². The van der Waals surface area contributed by atoms with E-state index in [1.165, 1.54) is 11.9 Å². The van der Waals surface area contributed by atoms with Crippen molar-refractivity contribution in [2.45, 2.75) is 111 Å². The molecule has 4 saturated carbocycles. The molecule has 0 saturated heterocycles. The van der Waals surface area contributed by atoms with Gasteiger partial charge in [0.1, 0.15) is 6.29 Å². The number of hydrogen-bond acceptors (Lipinski definition) is 5. The zero-order valence-corrected chi connectivity index (χ0v) is 23.8. The number of ether oxygens (including phenoxy) is 1. The Hall–Kier alpha value is -0.750. The van der Waals surface area contributed by atoms with Crippen LogP contribution in [0, 0.1) is 56.7 Å². The summed E-state index contributed by atoms with van der Waals surface area (Å²) in [4.78, 5) is 12.8. The van der Waals surface area contributed by atoms with E-state index in [-0.39, 0.29) is 34.7 Å². The lowest BCUT2D eigenvalue weighted by Crippen LogP contribution is -2.73. The zero-order chi connectivity index (χ0) is 26.6. The van der Waals surface area contributed by atoms with Gasteiger partial charge in [-0.3, -0.25) is 0 Å². The molecule has 0 aromatic carbocycles. The second-order valence-electron chi connectivity index (χ2n) is 14.9. The van der Waals surface area contributed by atoms with E-state index in [2.05, 4.69) is 54.5 Å². The molecule has 4 fully saturated rings.